The summed E-state index contributed by atoms with van der Waals surface area (Å²) in [5.74, 6) is 0. The van der Waals surface area contributed by atoms with Crippen LogP contribution in [0.5, 0.6) is 0 Å². The van der Waals surface area contributed by atoms with Gasteiger partial charge in [-0.2, -0.15) is 0 Å². The number of para-hydroxylation sites is 2. The molecule has 64 heavy (non-hydrogen) atoms. The van der Waals surface area contributed by atoms with Crippen molar-refractivity contribution >= 4 is 90.1 Å². The third-order valence-corrected chi connectivity index (χ3v) is 14.0. The van der Waals surface area contributed by atoms with Gasteiger partial charge in [0.05, 0.1) is 16.7 Å². The Kier molecular flexibility index (Phi) is 8.34. The minimum Gasteiger partial charge on any atom is -0.353 e. The fourth-order valence-corrected chi connectivity index (χ4v) is 10.8. The van der Waals surface area contributed by atoms with Gasteiger partial charge in [0.1, 0.15) is 0 Å². The van der Waals surface area contributed by atoms with Crippen molar-refractivity contribution < 1.29 is 0 Å². The first-order valence-electron chi connectivity index (χ1n) is 22.7. The van der Waals surface area contributed by atoms with Crippen LogP contribution in [0.1, 0.15) is 52.7 Å². The molecule has 5 heteroatoms. The van der Waals surface area contributed by atoms with Crippen molar-refractivity contribution in [1.82, 2.24) is 9.13 Å². The summed E-state index contributed by atoms with van der Waals surface area (Å²) in [6.45, 7) is 13.7. The number of fused-ring (bicyclic) bond motifs is 9. The molecule has 12 rings (SSSR count). The van der Waals surface area contributed by atoms with Crippen molar-refractivity contribution in [3.63, 3.8) is 0 Å². The van der Waals surface area contributed by atoms with Crippen molar-refractivity contribution in [3.05, 3.63) is 193 Å². The van der Waals surface area contributed by atoms with Gasteiger partial charge in [-0.25, -0.2) is 0 Å². The molecule has 0 fully saturated rings. The van der Waals surface area contributed by atoms with E-state index in [-0.39, 0.29) is 17.5 Å². The van der Waals surface area contributed by atoms with E-state index in [4.69, 9.17) is 0 Å². The Balaban J connectivity index is 1.16. The highest BCUT2D eigenvalue weighted by molar-refractivity contribution is 7.00. The van der Waals surface area contributed by atoms with Gasteiger partial charge in [-0.05, 0) is 117 Å². The third-order valence-electron chi connectivity index (χ3n) is 14.0. The second-order valence-electron chi connectivity index (χ2n) is 19.9. The highest BCUT2D eigenvalue weighted by Gasteiger charge is 2.46. The van der Waals surface area contributed by atoms with Crippen LogP contribution in [0.25, 0.3) is 49.5 Å². The summed E-state index contributed by atoms with van der Waals surface area (Å²) in [4.78, 5) is 5.10. The van der Waals surface area contributed by atoms with Crippen molar-refractivity contribution in [2.45, 2.75) is 52.4 Å². The van der Waals surface area contributed by atoms with Gasteiger partial charge in [-0.3, -0.25) is 0 Å². The van der Waals surface area contributed by atoms with Gasteiger partial charge < -0.3 is 18.9 Å². The number of hydrogen-bond acceptors (Lipinski definition) is 2. The number of anilines is 6. The predicted molar refractivity (Wildman–Crippen MR) is 274 cm³/mol. The number of hydrogen-bond donors (Lipinski definition) is 0. The zero-order valence-electron chi connectivity index (χ0n) is 37.7. The maximum absolute atomic E-state index is 2.56. The molecule has 0 amide bonds. The molecule has 0 saturated heterocycles. The van der Waals surface area contributed by atoms with Crippen LogP contribution in [0.3, 0.4) is 0 Å². The highest BCUT2D eigenvalue weighted by atomic mass is 15.2. The standard InChI is InChI=1S/C59H51BN4/c1-58(2,3)40-25-29-42(30-26-40)62-52-22-15-23-53-55(52)60(48-34-33-44(37-54(48)62)63-50-20-13-11-18-45(50)46-19-12-14-21-51(46)63)57-56(64(53)43-31-27-41(28-32-43)59(4,5)6)47-36-39(24-35-49(47)61(57)7)38-16-9-8-10-17-38/h8-37H,1-7H3. The van der Waals surface area contributed by atoms with Gasteiger partial charge in [0.2, 0.25) is 0 Å². The highest BCUT2D eigenvalue weighted by Crippen LogP contribution is 2.48. The Bertz CT molecular complexity index is 3420. The lowest BCUT2D eigenvalue weighted by atomic mass is 9.35. The smallest absolute Gasteiger partial charge is 0.272 e. The van der Waals surface area contributed by atoms with E-state index >= 15 is 0 Å². The van der Waals surface area contributed by atoms with Gasteiger partial charge in [0.15, 0.2) is 0 Å². The number of aromatic nitrogens is 2. The Hall–Kier alpha value is -7.24. The minimum atomic E-state index is -0.0313. The summed E-state index contributed by atoms with van der Waals surface area (Å²) in [6.07, 6.45) is 0. The van der Waals surface area contributed by atoms with Crippen LogP contribution in [0.2, 0.25) is 0 Å². The average molecular weight is 827 g/mol. The normalized spacial score (nSPS) is 13.5. The molecule has 0 unspecified atom stereocenters. The van der Waals surface area contributed by atoms with Crippen LogP contribution in [0.15, 0.2) is 182 Å². The van der Waals surface area contributed by atoms with E-state index in [2.05, 4.69) is 250 Å². The Morgan fingerprint density at radius 1 is 0.406 bits per heavy atom. The molecule has 0 atom stereocenters. The van der Waals surface area contributed by atoms with E-state index in [1.54, 1.807) is 0 Å². The molecule has 10 aromatic rings. The van der Waals surface area contributed by atoms with Crippen LogP contribution in [0, 0.1) is 0 Å². The van der Waals surface area contributed by atoms with E-state index in [9.17, 15) is 0 Å². The number of benzene rings is 8. The fourth-order valence-electron chi connectivity index (χ4n) is 10.8. The quantitative estimate of drug-likeness (QED) is 0.164. The largest absolute Gasteiger partial charge is 0.353 e. The van der Waals surface area contributed by atoms with Gasteiger partial charge in [-0.15, -0.1) is 0 Å². The predicted octanol–water partition coefficient (Wildman–Crippen LogP) is 13.6. The zero-order chi connectivity index (χ0) is 43.6. The molecule has 0 N–H and O–H groups in total. The first kappa shape index (κ1) is 38.4. The number of nitrogens with zero attached hydrogens (tertiary/aromatic N) is 4. The Morgan fingerprint density at radius 3 is 1.56 bits per heavy atom. The first-order valence-corrected chi connectivity index (χ1v) is 22.7. The molecule has 4 heterocycles. The third kappa shape index (κ3) is 5.69. The van der Waals surface area contributed by atoms with E-state index in [1.807, 2.05) is 0 Å². The van der Waals surface area contributed by atoms with Crippen LogP contribution in [-0.2, 0) is 17.9 Å². The fraction of sp³-hybridized carbons (Fsp3) is 0.153. The second kappa shape index (κ2) is 13.9. The molecular formula is C59H51BN4. The van der Waals surface area contributed by atoms with Crippen LogP contribution in [0.4, 0.5) is 34.1 Å². The van der Waals surface area contributed by atoms with E-state index in [0.717, 1.165) is 17.1 Å². The molecule has 0 spiro atoms. The number of rotatable bonds is 4. The summed E-state index contributed by atoms with van der Waals surface area (Å²) in [6, 6.07) is 68.3. The van der Waals surface area contributed by atoms with E-state index < -0.39 is 0 Å². The molecule has 8 aromatic carbocycles. The van der Waals surface area contributed by atoms with Gasteiger partial charge in [-0.1, -0.05) is 151 Å². The topological polar surface area (TPSA) is 16.3 Å². The van der Waals surface area contributed by atoms with Crippen LogP contribution < -0.4 is 26.3 Å². The summed E-state index contributed by atoms with van der Waals surface area (Å²) >= 11 is 0. The minimum absolute atomic E-state index is 0.0313. The summed E-state index contributed by atoms with van der Waals surface area (Å²) in [5.41, 5.74) is 21.0. The SMILES string of the molecule is Cn1c2c(c3cc(-c4ccccc4)ccc31)N(c1ccc(C(C)(C)C)cc1)c1cccc3c1B2c1ccc(-n2c4ccccc4c4ccccc42)cc1N3c1ccc(C(C)(C)C)cc1. The first-order chi connectivity index (χ1) is 31.0. The zero-order valence-corrected chi connectivity index (χ0v) is 37.7. The van der Waals surface area contributed by atoms with Crippen molar-refractivity contribution in [2.75, 3.05) is 9.80 Å². The summed E-state index contributed by atoms with van der Waals surface area (Å²) < 4.78 is 4.94. The molecule has 2 aliphatic heterocycles. The molecule has 2 aromatic heterocycles. The lowest BCUT2D eigenvalue weighted by molar-refractivity contribution is 0.590. The molecule has 2 aliphatic rings. The maximum Gasteiger partial charge on any atom is 0.272 e. The van der Waals surface area contributed by atoms with E-state index in [0.29, 0.717) is 0 Å². The number of aryl methyl sites for hydroxylation is 1. The molecular weight excluding hydrogens is 775 g/mol. The molecule has 4 nitrogen and oxygen atoms in total. The average Bonchev–Trinajstić information content (AvgIpc) is 3.80. The molecule has 0 aliphatic carbocycles. The molecule has 310 valence electrons. The van der Waals surface area contributed by atoms with Gasteiger partial charge in [0.25, 0.3) is 6.71 Å². The lowest BCUT2D eigenvalue weighted by Gasteiger charge is -2.43. The van der Waals surface area contributed by atoms with Crippen molar-refractivity contribution in [1.29, 1.82) is 0 Å². The van der Waals surface area contributed by atoms with Gasteiger partial charge >= 0.3 is 0 Å². The lowest BCUT2D eigenvalue weighted by Crippen LogP contribution is -2.62. The van der Waals surface area contributed by atoms with Crippen molar-refractivity contribution in [3.8, 4) is 16.8 Å². The molecule has 0 bridgehead atoms. The van der Waals surface area contributed by atoms with Crippen LogP contribution in [-0.4, -0.2) is 15.8 Å². The molecule has 0 radical (unpaired) electrons. The summed E-state index contributed by atoms with van der Waals surface area (Å²) in [7, 11) is 2.28. The van der Waals surface area contributed by atoms with Crippen molar-refractivity contribution in [2.24, 2.45) is 7.05 Å². The van der Waals surface area contributed by atoms with Gasteiger partial charge in [0, 0.05) is 68.4 Å². The maximum atomic E-state index is 2.56. The van der Waals surface area contributed by atoms with Crippen LogP contribution >= 0.6 is 0 Å². The summed E-state index contributed by atoms with van der Waals surface area (Å²) in [5, 5.41) is 3.77. The van der Waals surface area contributed by atoms with E-state index in [1.165, 1.54) is 94.2 Å². The molecule has 0 saturated carbocycles. The Labute approximate surface area is 376 Å². The Morgan fingerprint density at radius 2 is 0.953 bits per heavy atom. The second-order valence-corrected chi connectivity index (χ2v) is 19.9. The monoisotopic (exact) mass is 826 g/mol.